The summed E-state index contributed by atoms with van der Waals surface area (Å²) in [6.07, 6.45) is 7.76. The Morgan fingerprint density at radius 3 is 2.54 bits per heavy atom. The fourth-order valence-corrected chi connectivity index (χ4v) is 4.09. The average Bonchev–Trinajstić information content (AvgIpc) is 3.13. The molecule has 0 amide bonds. The molecule has 0 radical (unpaired) electrons. The van der Waals surface area contributed by atoms with E-state index >= 15 is 0 Å². The van der Waals surface area contributed by atoms with Crippen LogP contribution < -0.4 is 10.2 Å². The third-order valence-electron chi connectivity index (χ3n) is 5.71. The highest BCUT2D eigenvalue weighted by molar-refractivity contribution is 5.61. The SMILES string of the molecule is c1cc(N2CCCCC2)ncc1-c1noc(-c2ccc3c(c2)CCNCC3)n1. The highest BCUT2D eigenvalue weighted by Gasteiger charge is 2.16. The molecule has 1 saturated heterocycles. The lowest BCUT2D eigenvalue weighted by molar-refractivity contribution is 0.432. The van der Waals surface area contributed by atoms with Gasteiger partial charge in [-0.3, -0.25) is 0 Å². The van der Waals surface area contributed by atoms with Crippen LogP contribution in [0.15, 0.2) is 41.1 Å². The molecule has 0 unspecified atom stereocenters. The molecule has 3 aromatic rings. The molecule has 0 atom stereocenters. The van der Waals surface area contributed by atoms with E-state index in [1.807, 2.05) is 12.3 Å². The van der Waals surface area contributed by atoms with Crippen LogP contribution in [0.5, 0.6) is 0 Å². The number of hydrogen-bond donors (Lipinski definition) is 1. The molecule has 1 aromatic carbocycles. The molecule has 1 fully saturated rings. The van der Waals surface area contributed by atoms with Crippen molar-refractivity contribution in [1.82, 2.24) is 20.4 Å². The second-order valence-electron chi connectivity index (χ2n) is 7.61. The fraction of sp³-hybridized carbons (Fsp3) is 0.409. The number of benzene rings is 1. The van der Waals surface area contributed by atoms with Gasteiger partial charge in [-0.15, -0.1) is 0 Å². The van der Waals surface area contributed by atoms with Crippen LogP contribution in [0.1, 0.15) is 30.4 Å². The number of rotatable bonds is 3. The lowest BCUT2D eigenvalue weighted by Crippen LogP contribution is -2.29. The molecule has 0 aliphatic carbocycles. The van der Waals surface area contributed by atoms with Gasteiger partial charge < -0.3 is 14.7 Å². The average molecular weight is 375 g/mol. The third kappa shape index (κ3) is 3.52. The van der Waals surface area contributed by atoms with Gasteiger partial charge in [0, 0.05) is 30.4 Å². The normalized spacial score (nSPS) is 17.2. The van der Waals surface area contributed by atoms with Crippen LogP contribution >= 0.6 is 0 Å². The summed E-state index contributed by atoms with van der Waals surface area (Å²) in [5.41, 5.74) is 4.65. The van der Waals surface area contributed by atoms with Crippen molar-refractivity contribution in [3.05, 3.63) is 47.7 Å². The summed E-state index contributed by atoms with van der Waals surface area (Å²) in [5.74, 6) is 2.19. The third-order valence-corrected chi connectivity index (χ3v) is 5.71. The Hall–Kier alpha value is -2.73. The zero-order valence-corrected chi connectivity index (χ0v) is 16.0. The van der Waals surface area contributed by atoms with Crippen LogP contribution in [-0.2, 0) is 12.8 Å². The number of hydrogen-bond acceptors (Lipinski definition) is 6. The van der Waals surface area contributed by atoms with Crippen molar-refractivity contribution in [2.75, 3.05) is 31.1 Å². The second kappa shape index (κ2) is 7.72. The Bertz CT molecular complexity index is 944. The predicted molar refractivity (Wildman–Crippen MR) is 109 cm³/mol. The number of nitrogens with one attached hydrogen (secondary N) is 1. The zero-order valence-electron chi connectivity index (χ0n) is 16.0. The van der Waals surface area contributed by atoms with Crippen LogP contribution in [0.4, 0.5) is 5.82 Å². The summed E-state index contributed by atoms with van der Waals surface area (Å²) in [6, 6.07) is 10.6. The van der Waals surface area contributed by atoms with Crippen LogP contribution in [0, 0.1) is 0 Å². The summed E-state index contributed by atoms with van der Waals surface area (Å²) in [6.45, 7) is 4.23. The van der Waals surface area contributed by atoms with Crippen LogP contribution in [0.2, 0.25) is 0 Å². The summed E-state index contributed by atoms with van der Waals surface area (Å²) in [5, 5.41) is 7.63. The monoisotopic (exact) mass is 375 g/mol. The van der Waals surface area contributed by atoms with Gasteiger partial charge in [-0.25, -0.2) is 4.98 Å². The lowest BCUT2D eigenvalue weighted by Gasteiger charge is -2.27. The van der Waals surface area contributed by atoms with E-state index in [9.17, 15) is 0 Å². The van der Waals surface area contributed by atoms with Gasteiger partial charge in [0.1, 0.15) is 5.82 Å². The quantitative estimate of drug-likeness (QED) is 0.756. The van der Waals surface area contributed by atoms with E-state index in [4.69, 9.17) is 4.52 Å². The van der Waals surface area contributed by atoms with Crippen molar-refractivity contribution >= 4 is 5.82 Å². The number of pyridine rings is 1. The summed E-state index contributed by atoms with van der Waals surface area (Å²) >= 11 is 0. The summed E-state index contributed by atoms with van der Waals surface area (Å²) in [4.78, 5) is 11.6. The molecule has 0 saturated carbocycles. The van der Waals surface area contributed by atoms with Crippen LogP contribution in [0.3, 0.4) is 0 Å². The molecule has 6 nitrogen and oxygen atoms in total. The first-order chi connectivity index (χ1) is 13.9. The maximum absolute atomic E-state index is 5.56. The van der Waals surface area contributed by atoms with Crippen molar-refractivity contribution < 1.29 is 4.52 Å². The number of fused-ring (bicyclic) bond motifs is 1. The van der Waals surface area contributed by atoms with Gasteiger partial charge in [-0.2, -0.15) is 4.98 Å². The molecule has 5 rings (SSSR count). The molecule has 2 aliphatic rings. The number of anilines is 1. The molecule has 2 aliphatic heterocycles. The lowest BCUT2D eigenvalue weighted by atomic mass is 10.00. The van der Waals surface area contributed by atoms with Gasteiger partial charge in [0.05, 0.1) is 0 Å². The van der Waals surface area contributed by atoms with Crippen LogP contribution in [-0.4, -0.2) is 41.3 Å². The van der Waals surface area contributed by atoms with E-state index in [-0.39, 0.29) is 0 Å². The first kappa shape index (κ1) is 17.4. The highest BCUT2D eigenvalue weighted by Crippen LogP contribution is 2.26. The van der Waals surface area contributed by atoms with Gasteiger partial charge >= 0.3 is 0 Å². The van der Waals surface area contributed by atoms with E-state index in [0.29, 0.717) is 11.7 Å². The van der Waals surface area contributed by atoms with Crippen molar-refractivity contribution in [3.8, 4) is 22.8 Å². The molecular weight excluding hydrogens is 350 g/mol. The molecular formula is C22H25N5O. The van der Waals surface area contributed by atoms with Crippen molar-refractivity contribution in [1.29, 1.82) is 0 Å². The minimum Gasteiger partial charge on any atom is -0.357 e. The van der Waals surface area contributed by atoms with Crippen molar-refractivity contribution in [2.45, 2.75) is 32.1 Å². The first-order valence-corrected chi connectivity index (χ1v) is 10.2. The van der Waals surface area contributed by atoms with Crippen molar-refractivity contribution in [2.24, 2.45) is 0 Å². The Morgan fingerprint density at radius 1 is 0.893 bits per heavy atom. The Morgan fingerprint density at radius 2 is 1.71 bits per heavy atom. The Balaban J connectivity index is 1.36. The molecule has 2 aromatic heterocycles. The minimum absolute atomic E-state index is 0.565. The van der Waals surface area contributed by atoms with E-state index in [0.717, 1.165) is 56.0 Å². The van der Waals surface area contributed by atoms with Gasteiger partial charge in [0.15, 0.2) is 0 Å². The zero-order chi connectivity index (χ0) is 18.8. The van der Waals surface area contributed by atoms with Gasteiger partial charge in [-0.1, -0.05) is 11.2 Å². The second-order valence-corrected chi connectivity index (χ2v) is 7.61. The molecule has 6 heteroatoms. The molecule has 28 heavy (non-hydrogen) atoms. The van der Waals surface area contributed by atoms with E-state index in [1.165, 1.54) is 30.4 Å². The topological polar surface area (TPSA) is 67.1 Å². The van der Waals surface area contributed by atoms with Crippen molar-refractivity contribution in [3.63, 3.8) is 0 Å². The van der Waals surface area contributed by atoms with E-state index < -0.39 is 0 Å². The maximum Gasteiger partial charge on any atom is 0.258 e. The van der Waals surface area contributed by atoms with Gasteiger partial charge in [0.25, 0.3) is 5.89 Å². The summed E-state index contributed by atoms with van der Waals surface area (Å²) in [7, 11) is 0. The largest absolute Gasteiger partial charge is 0.357 e. The molecule has 1 N–H and O–H groups in total. The van der Waals surface area contributed by atoms with E-state index in [2.05, 4.69) is 49.6 Å². The van der Waals surface area contributed by atoms with E-state index in [1.54, 1.807) is 0 Å². The maximum atomic E-state index is 5.56. The first-order valence-electron chi connectivity index (χ1n) is 10.2. The number of aromatic nitrogens is 3. The Labute approximate surface area is 165 Å². The standard InChI is InChI=1S/C22H25N5O/c1-2-12-27(13-3-1)20-7-6-19(15-24-20)21-25-22(28-26-21)18-5-4-16-8-10-23-11-9-17(16)14-18/h4-7,14-15,23H,1-3,8-13H2. The van der Waals surface area contributed by atoms with Gasteiger partial charge in [-0.05, 0) is 80.6 Å². The molecule has 144 valence electrons. The van der Waals surface area contributed by atoms with Gasteiger partial charge in [0.2, 0.25) is 5.82 Å². The molecule has 0 spiro atoms. The highest BCUT2D eigenvalue weighted by atomic mass is 16.5. The molecule has 0 bridgehead atoms. The Kier molecular flexibility index (Phi) is 4.79. The predicted octanol–water partition coefficient (Wildman–Crippen LogP) is 3.48. The minimum atomic E-state index is 0.565. The molecule has 4 heterocycles. The smallest absolute Gasteiger partial charge is 0.258 e. The van der Waals surface area contributed by atoms with Crippen LogP contribution in [0.25, 0.3) is 22.8 Å². The fourth-order valence-electron chi connectivity index (χ4n) is 4.09. The number of piperidine rings is 1. The summed E-state index contributed by atoms with van der Waals surface area (Å²) < 4.78 is 5.56. The number of nitrogens with zero attached hydrogens (tertiary/aromatic N) is 4.